The molecule has 1 fully saturated rings. The second-order valence-corrected chi connectivity index (χ2v) is 11.0. The summed E-state index contributed by atoms with van der Waals surface area (Å²) in [5.41, 5.74) is 11.2. The number of aromatic nitrogens is 3. The predicted molar refractivity (Wildman–Crippen MR) is 141 cm³/mol. The van der Waals surface area contributed by atoms with Gasteiger partial charge in [-0.05, 0) is 29.2 Å². The molecule has 2 aromatic heterocycles. The highest BCUT2D eigenvalue weighted by molar-refractivity contribution is 8.01. The van der Waals surface area contributed by atoms with E-state index in [4.69, 9.17) is 27.3 Å². The van der Waals surface area contributed by atoms with E-state index in [-0.39, 0.29) is 39.6 Å². The fourth-order valence-electron chi connectivity index (χ4n) is 3.47. The van der Waals surface area contributed by atoms with Gasteiger partial charge in [-0.25, -0.2) is 14.6 Å². The van der Waals surface area contributed by atoms with Crippen LogP contribution >= 0.6 is 34.9 Å². The number of carbonyl (C=O) groups excluding carboxylic acids is 2. The van der Waals surface area contributed by atoms with Gasteiger partial charge in [0.15, 0.2) is 10.8 Å². The molecular formula is C20H22N9O7S3+. The van der Waals surface area contributed by atoms with Crippen LogP contribution in [0.1, 0.15) is 12.6 Å². The number of aliphatic carboxylic acids is 2. The summed E-state index contributed by atoms with van der Waals surface area (Å²) in [4.78, 5) is 63.4. The van der Waals surface area contributed by atoms with E-state index in [1.54, 1.807) is 0 Å². The van der Waals surface area contributed by atoms with Crippen LogP contribution in [0.3, 0.4) is 0 Å². The molecule has 4 rings (SSSR count). The number of thiazole rings is 1. The molecule has 9 N–H and O–H groups in total. The Bertz CT molecular complexity index is 1410. The van der Waals surface area contributed by atoms with Gasteiger partial charge < -0.3 is 31.8 Å². The zero-order chi connectivity index (χ0) is 28.4. The molecule has 0 saturated carbocycles. The van der Waals surface area contributed by atoms with Gasteiger partial charge in [0.1, 0.15) is 29.0 Å². The van der Waals surface area contributed by atoms with Crippen molar-refractivity contribution in [3.63, 3.8) is 0 Å². The first-order valence-corrected chi connectivity index (χ1v) is 13.8. The molecule has 0 aliphatic carbocycles. The topological polar surface area (TPSA) is 253 Å². The Balaban J connectivity index is 1.51. The third kappa shape index (κ3) is 5.83. The Hall–Kier alpha value is -4.10. The van der Waals surface area contributed by atoms with E-state index in [0.29, 0.717) is 10.7 Å². The van der Waals surface area contributed by atoms with Crippen molar-refractivity contribution in [1.82, 2.24) is 20.2 Å². The number of hydrogen-bond donors (Lipinski definition) is 6. The van der Waals surface area contributed by atoms with Crippen LogP contribution in [0.15, 0.2) is 39.2 Å². The highest BCUT2D eigenvalue weighted by Gasteiger charge is 2.54. The minimum Gasteiger partial charge on any atom is -0.478 e. The number of oxime groups is 1. The number of carboxylic acid groups (broad SMARTS) is 2. The van der Waals surface area contributed by atoms with Gasteiger partial charge in [0.2, 0.25) is 11.9 Å². The first-order chi connectivity index (χ1) is 18.5. The number of carbonyl (C=O) groups is 4. The summed E-state index contributed by atoms with van der Waals surface area (Å²) < 4.78 is 1.25. The number of anilines is 2. The zero-order valence-corrected chi connectivity index (χ0v) is 22.5. The summed E-state index contributed by atoms with van der Waals surface area (Å²) in [6.45, 7) is 1.22. The lowest BCUT2D eigenvalue weighted by atomic mass is 10.0. The third-order valence-corrected chi connectivity index (χ3v) is 8.46. The first kappa shape index (κ1) is 27.9. The molecule has 39 heavy (non-hydrogen) atoms. The molecule has 0 radical (unpaired) electrons. The van der Waals surface area contributed by atoms with Crippen molar-refractivity contribution >= 4 is 75.3 Å². The summed E-state index contributed by atoms with van der Waals surface area (Å²) in [7, 11) is 0. The van der Waals surface area contributed by atoms with E-state index in [1.165, 1.54) is 41.0 Å². The monoisotopic (exact) mass is 596 g/mol. The maximum Gasteiger partial charge on any atom is 0.384 e. The lowest BCUT2D eigenvalue weighted by Crippen LogP contribution is -2.71. The van der Waals surface area contributed by atoms with Crippen LogP contribution in [0.2, 0.25) is 0 Å². The van der Waals surface area contributed by atoms with E-state index < -0.39 is 41.3 Å². The summed E-state index contributed by atoms with van der Waals surface area (Å²) in [6, 6.07) is 0.435. The van der Waals surface area contributed by atoms with Gasteiger partial charge in [-0.15, -0.1) is 27.8 Å². The second kappa shape index (κ2) is 11.3. The summed E-state index contributed by atoms with van der Waals surface area (Å²) >= 11 is 3.44. The van der Waals surface area contributed by atoms with E-state index in [2.05, 4.69) is 20.4 Å². The van der Waals surface area contributed by atoms with Crippen LogP contribution < -0.4 is 27.3 Å². The van der Waals surface area contributed by atoms with Gasteiger partial charge in [0.25, 0.3) is 11.8 Å². The van der Waals surface area contributed by atoms with Crippen molar-refractivity contribution in [1.29, 1.82) is 0 Å². The second-order valence-electron chi connectivity index (χ2n) is 8.05. The van der Waals surface area contributed by atoms with Crippen LogP contribution in [-0.4, -0.2) is 83.6 Å². The van der Waals surface area contributed by atoms with Crippen LogP contribution in [0.4, 0.5) is 10.9 Å². The molecule has 16 nitrogen and oxygen atoms in total. The van der Waals surface area contributed by atoms with Crippen molar-refractivity contribution in [2.45, 2.75) is 29.6 Å². The van der Waals surface area contributed by atoms with Crippen LogP contribution in [0.25, 0.3) is 0 Å². The lowest BCUT2D eigenvalue weighted by molar-refractivity contribution is -0.682. The molecule has 1 saturated heterocycles. The Morgan fingerprint density at radius 3 is 2.74 bits per heavy atom. The molecular weight excluding hydrogens is 574 g/mol. The van der Waals surface area contributed by atoms with Gasteiger partial charge >= 0.3 is 17.1 Å². The van der Waals surface area contributed by atoms with Gasteiger partial charge in [-0.2, -0.15) is 0 Å². The maximum absolute atomic E-state index is 13.1. The summed E-state index contributed by atoms with van der Waals surface area (Å²) in [6.07, 6.45) is 0.147. The molecule has 3 atom stereocenters. The lowest BCUT2D eigenvalue weighted by Gasteiger charge is -2.49. The normalized spacial score (nSPS) is 19.7. The SMILES string of the molecule is C[C@@H](O/N=C(\C(=O)NC1C(=O)N2C(C(=O)O)=C(CSc3nc(N)cc[n+]3N)CS[C@H]12)c1csc(N)n1)C(=O)O. The average molecular weight is 597 g/mol. The van der Waals surface area contributed by atoms with Crippen molar-refractivity contribution in [2.75, 3.05) is 28.8 Å². The van der Waals surface area contributed by atoms with Crippen LogP contribution in [0, 0.1) is 0 Å². The number of rotatable bonds is 10. The number of hydrogen-bond acceptors (Lipinski definition) is 14. The number of nitrogens with zero attached hydrogens (tertiary/aromatic N) is 5. The van der Waals surface area contributed by atoms with Crippen LogP contribution in [-0.2, 0) is 24.0 Å². The molecule has 2 aliphatic heterocycles. The first-order valence-electron chi connectivity index (χ1n) is 10.9. The Labute approximate surface area is 232 Å². The summed E-state index contributed by atoms with van der Waals surface area (Å²) in [5.74, 6) is 2.39. The van der Waals surface area contributed by atoms with Crippen LogP contribution in [0.5, 0.6) is 0 Å². The summed E-state index contributed by atoms with van der Waals surface area (Å²) in [5, 5.41) is 26.3. The fourth-order valence-corrected chi connectivity index (χ4v) is 6.41. The number of fused-ring (bicyclic) bond motifs is 1. The molecule has 2 aliphatic rings. The number of β-lactam (4-membered cyclic amide) rings is 1. The van der Waals surface area contributed by atoms with Crippen molar-refractivity contribution in [3.8, 4) is 0 Å². The molecule has 0 bridgehead atoms. The standard InChI is InChI=1S/C20H21N9O7S3/c1-7(17(32)33)36-27-11(9-6-38-19(22)24-9)14(30)26-12-15(31)29-13(18(34)35)8(4-37-16(12)29)5-39-20-25-10(21)2-3-28(20)23/h2-3,6-7,12,16,21H,4-5,23H2,1H3,(H5,22,24,26,30,32,33,34,35)/p+1/b27-11-/t7-,12?,16-/m1/s1. The van der Waals surface area contributed by atoms with E-state index in [9.17, 15) is 24.3 Å². The molecule has 2 aromatic rings. The number of thioether (sulfide) groups is 2. The number of carboxylic acids is 2. The quantitative estimate of drug-likeness (QED) is 0.0345. The highest BCUT2D eigenvalue weighted by atomic mass is 32.2. The van der Waals surface area contributed by atoms with E-state index >= 15 is 0 Å². The Morgan fingerprint density at radius 2 is 2.10 bits per heavy atom. The number of amides is 2. The number of nitrogen functional groups attached to an aromatic ring is 3. The van der Waals surface area contributed by atoms with Crippen molar-refractivity contribution in [3.05, 3.63) is 34.6 Å². The molecule has 0 spiro atoms. The molecule has 19 heteroatoms. The number of nitrogens with one attached hydrogen (secondary N) is 1. The maximum atomic E-state index is 13.1. The Kier molecular flexibility index (Phi) is 8.11. The van der Waals surface area contributed by atoms with Crippen molar-refractivity contribution in [2.24, 2.45) is 5.16 Å². The molecule has 0 aromatic carbocycles. The third-order valence-electron chi connectivity index (χ3n) is 5.39. The largest absolute Gasteiger partial charge is 0.478 e. The highest BCUT2D eigenvalue weighted by Crippen LogP contribution is 2.41. The zero-order valence-electron chi connectivity index (χ0n) is 20.0. The van der Waals surface area contributed by atoms with Gasteiger partial charge in [0, 0.05) is 23.0 Å². The average Bonchev–Trinajstić information content (AvgIpc) is 3.32. The van der Waals surface area contributed by atoms with Crippen molar-refractivity contribution < 1.29 is 38.9 Å². The fraction of sp³-hybridized carbons (Fsp3) is 0.300. The predicted octanol–water partition coefficient (Wildman–Crippen LogP) is -1.57. The molecule has 4 heterocycles. The van der Waals surface area contributed by atoms with E-state index in [0.717, 1.165) is 28.0 Å². The number of nitrogens with two attached hydrogens (primary N) is 3. The van der Waals surface area contributed by atoms with E-state index in [1.807, 2.05) is 0 Å². The smallest absolute Gasteiger partial charge is 0.384 e. The Morgan fingerprint density at radius 1 is 1.36 bits per heavy atom. The minimum absolute atomic E-state index is 0.0187. The molecule has 1 unspecified atom stereocenters. The minimum atomic E-state index is -1.37. The molecule has 2 amide bonds. The van der Waals surface area contributed by atoms with Gasteiger partial charge in [-0.1, -0.05) is 5.16 Å². The van der Waals surface area contributed by atoms with Gasteiger partial charge in [0.05, 0.1) is 0 Å². The molecule has 206 valence electrons. The van der Waals surface area contributed by atoms with Gasteiger partial charge in [-0.3, -0.25) is 20.3 Å².